The van der Waals surface area contributed by atoms with Gasteiger partial charge in [-0.3, -0.25) is 4.79 Å². The van der Waals surface area contributed by atoms with E-state index < -0.39 is 16.6 Å². The first-order valence-corrected chi connectivity index (χ1v) is 8.03. The van der Waals surface area contributed by atoms with Crippen molar-refractivity contribution in [3.63, 3.8) is 0 Å². The Morgan fingerprint density at radius 1 is 1.13 bits per heavy atom. The average molecular weight is 351 g/mol. The lowest BCUT2D eigenvalue weighted by Gasteiger charge is -2.09. The first-order chi connectivity index (χ1) is 11.1. The Hall–Kier alpha value is -2.22. The Balaban J connectivity index is 1.86. The third-order valence-electron chi connectivity index (χ3n) is 3.07. The second kappa shape index (κ2) is 6.49. The topological polar surface area (TPSA) is 70.4 Å². The van der Waals surface area contributed by atoms with Crippen molar-refractivity contribution in [3.8, 4) is 0 Å². The highest BCUT2D eigenvalue weighted by atomic mass is 35.5. The summed E-state index contributed by atoms with van der Waals surface area (Å²) in [6.07, 6.45) is 0. The van der Waals surface area contributed by atoms with Gasteiger partial charge in [0.1, 0.15) is 0 Å². The Bertz CT molecular complexity index is 940. The van der Waals surface area contributed by atoms with E-state index >= 15 is 0 Å². The summed E-state index contributed by atoms with van der Waals surface area (Å²) in [5.74, 6) is 0.279. The molecule has 0 N–H and O–H groups in total. The fraction of sp³-hybridized carbons (Fsp3) is 0.0667. The maximum atomic E-state index is 12.3. The fourth-order valence-corrected chi connectivity index (χ4v) is 2.64. The van der Waals surface area contributed by atoms with Crippen molar-refractivity contribution in [2.24, 2.45) is 0 Å². The maximum absolute atomic E-state index is 12.3. The first-order valence-electron chi connectivity index (χ1n) is 6.57. The highest BCUT2D eigenvalue weighted by molar-refractivity contribution is 7.80. The van der Waals surface area contributed by atoms with Gasteiger partial charge >= 0.3 is 0 Å². The van der Waals surface area contributed by atoms with E-state index in [2.05, 4.69) is 4.98 Å². The van der Waals surface area contributed by atoms with Crippen LogP contribution in [0.5, 0.6) is 0 Å². The predicted molar refractivity (Wildman–Crippen MR) is 86.3 cm³/mol. The number of benzene rings is 2. The number of para-hydroxylation sites is 1. The SMILES string of the molecule is Cc1nc2ccccc2c(=O)n1OOS(=O)c1ccc(Cl)cc1. The van der Waals surface area contributed by atoms with Crippen LogP contribution >= 0.6 is 11.6 Å². The molecule has 1 unspecified atom stereocenters. The molecular weight excluding hydrogens is 340 g/mol. The van der Waals surface area contributed by atoms with Crippen LogP contribution < -0.4 is 10.5 Å². The van der Waals surface area contributed by atoms with Gasteiger partial charge in [0.25, 0.3) is 5.56 Å². The van der Waals surface area contributed by atoms with Crippen molar-refractivity contribution in [1.82, 2.24) is 9.71 Å². The Labute approximate surface area is 138 Å². The van der Waals surface area contributed by atoms with Crippen LogP contribution in [0.3, 0.4) is 0 Å². The van der Waals surface area contributed by atoms with E-state index in [1.807, 2.05) is 0 Å². The Kier molecular flexibility index (Phi) is 4.42. The number of aryl methyl sites for hydroxylation is 1. The molecule has 0 fully saturated rings. The molecule has 1 atom stereocenters. The van der Waals surface area contributed by atoms with E-state index in [1.165, 1.54) is 12.1 Å². The number of hydrogen-bond acceptors (Lipinski definition) is 5. The normalized spacial score (nSPS) is 12.3. The lowest BCUT2D eigenvalue weighted by Crippen LogP contribution is -2.30. The second-order valence-electron chi connectivity index (χ2n) is 4.61. The van der Waals surface area contributed by atoms with Gasteiger partial charge in [-0.25, -0.2) is 14.2 Å². The van der Waals surface area contributed by atoms with Crippen LogP contribution in [0.1, 0.15) is 5.82 Å². The minimum atomic E-state index is -1.91. The molecule has 0 spiro atoms. The zero-order valence-corrected chi connectivity index (χ0v) is 13.5. The molecule has 0 aliphatic heterocycles. The molecule has 0 aliphatic carbocycles. The second-order valence-corrected chi connectivity index (χ2v) is 6.12. The monoisotopic (exact) mass is 350 g/mol. The number of nitrogens with zero attached hydrogens (tertiary/aromatic N) is 2. The molecule has 0 saturated heterocycles. The number of hydrogen-bond donors (Lipinski definition) is 0. The smallest absolute Gasteiger partial charge is 0.265 e. The third-order valence-corrected chi connectivity index (χ3v) is 4.16. The number of halogens is 1. The van der Waals surface area contributed by atoms with E-state index in [9.17, 15) is 9.00 Å². The summed E-state index contributed by atoms with van der Waals surface area (Å²) in [6, 6.07) is 13.1. The molecule has 1 aromatic heterocycles. The largest absolute Gasteiger partial charge is 0.297 e. The molecule has 0 amide bonds. The molecule has 23 heavy (non-hydrogen) atoms. The van der Waals surface area contributed by atoms with Crippen LogP contribution in [-0.2, 0) is 15.4 Å². The van der Waals surface area contributed by atoms with Gasteiger partial charge in [-0.2, -0.15) is 0 Å². The van der Waals surface area contributed by atoms with Crippen LogP contribution in [0, 0.1) is 6.92 Å². The van der Waals surface area contributed by atoms with Gasteiger partial charge in [0.2, 0.25) is 11.1 Å². The minimum Gasteiger partial charge on any atom is -0.265 e. The highest BCUT2D eigenvalue weighted by Gasteiger charge is 2.12. The lowest BCUT2D eigenvalue weighted by molar-refractivity contribution is -0.204. The van der Waals surface area contributed by atoms with Crippen molar-refractivity contribution in [2.75, 3.05) is 0 Å². The Morgan fingerprint density at radius 2 is 1.83 bits per heavy atom. The number of aromatic nitrogens is 2. The van der Waals surface area contributed by atoms with E-state index in [1.54, 1.807) is 43.3 Å². The predicted octanol–water partition coefficient (Wildman–Crippen LogP) is 2.44. The van der Waals surface area contributed by atoms with Gasteiger partial charge < -0.3 is 0 Å². The van der Waals surface area contributed by atoms with Crippen LogP contribution in [-0.4, -0.2) is 13.9 Å². The summed E-state index contributed by atoms with van der Waals surface area (Å²) in [7, 11) is 0. The molecular formula is C15H11ClN2O4S. The van der Waals surface area contributed by atoms with Crippen LogP contribution in [0.2, 0.25) is 5.02 Å². The molecule has 2 aromatic carbocycles. The average Bonchev–Trinajstić information content (AvgIpc) is 2.55. The van der Waals surface area contributed by atoms with Crippen molar-refractivity contribution in [3.05, 3.63) is 69.7 Å². The van der Waals surface area contributed by atoms with E-state index in [0.29, 0.717) is 20.8 Å². The summed E-state index contributed by atoms with van der Waals surface area (Å²) in [5.41, 5.74) is 0.106. The summed E-state index contributed by atoms with van der Waals surface area (Å²) in [4.78, 5) is 21.9. The molecule has 3 rings (SSSR count). The van der Waals surface area contributed by atoms with Gasteiger partial charge in [0, 0.05) is 5.02 Å². The summed E-state index contributed by atoms with van der Waals surface area (Å²) >= 11 is 3.85. The Morgan fingerprint density at radius 3 is 2.57 bits per heavy atom. The van der Waals surface area contributed by atoms with Crippen molar-refractivity contribution < 1.29 is 13.5 Å². The van der Waals surface area contributed by atoms with Gasteiger partial charge in [-0.1, -0.05) is 32.8 Å². The summed E-state index contributed by atoms with van der Waals surface area (Å²) < 4.78 is 17.7. The molecule has 3 aromatic rings. The maximum Gasteiger partial charge on any atom is 0.297 e. The van der Waals surface area contributed by atoms with Gasteiger partial charge in [0.15, 0.2) is 5.82 Å². The fourth-order valence-electron chi connectivity index (χ4n) is 1.96. The molecule has 1 heterocycles. The van der Waals surface area contributed by atoms with Crippen LogP contribution in [0.15, 0.2) is 58.2 Å². The summed E-state index contributed by atoms with van der Waals surface area (Å²) in [6.45, 7) is 1.59. The molecule has 118 valence electrons. The van der Waals surface area contributed by atoms with Gasteiger partial charge in [-0.15, -0.1) is 0 Å². The zero-order chi connectivity index (χ0) is 16.4. The molecule has 0 saturated carbocycles. The number of fused-ring (bicyclic) bond motifs is 1. The first kappa shape index (κ1) is 15.7. The van der Waals surface area contributed by atoms with E-state index in [-0.39, 0.29) is 5.82 Å². The minimum absolute atomic E-state index is 0.279. The third kappa shape index (κ3) is 3.26. The number of rotatable bonds is 4. The molecule has 8 heteroatoms. The molecule has 0 bridgehead atoms. The molecule has 0 radical (unpaired) electrons. The van der Waals surface area contributed by atoms with Crippen molar-refractivity contribution in [1.29, 1.82) is 0 Å². The highest BCUT2D eigenvalue weighted by Crippen LogP contribution is 2.13. The van der Waals surface area contributed by atoms with Gasteiger partial charge in [-0.05, 0) is 43.3 Å². The zero-order valence-electron chi connectivity index (χ0n) is 11.9. The van der Waals surface area contributed by atoms with E-state index in [0.717, 1.165) is 4.73 Å². The van der Waals surface area contributed by atoms with Crippen molar-refractivity contribution >= 4 is 33.6 Å². The van der Waals surface area contributed by atoms with Crippen LogP contribution in [0.4, 0.5) is 0 Å². The quantitative estimate of drug-likeness (QED) is 0.534. The van der Waals surface area contributed by atoms with Crippen molar-refractivity contribution in [2.45, 2.75) is 11.8 Å². The van der Waals surface area contributed by atoms with Gasteiger partial charge in [0.05, 0.1) is 15.8 Å². The molecule has 0 aliphatic rings. The lowest BCUT2D eigenvalue weighted by atomic mass is 10.2. The van der Waals surface area contributed by atoms with E-state index in [4.69, 9.17) is 20.9 Å². The molecule has 6 nitrogen and oxygen atoms in total. The summed E-state index contributed by atoms with van der Waals surface area (Å²) in [5, 5.41) is 0.886. The van der Waals surface area contributed by atoms with Crippen LogP contribution in [0.25, 0.3) is 10.9 Å². The standard InChI is InChI=1S/C15H11ClN2O4S/c1-10-17-14-5-3-2-4-13(14)15(19)18(10)21-22-23(20)12-8-6-11(16)7-9-12/h2-9H,1H3.